The van der Waals surface area contributed by atoms with Gasteiger partial charge in [0, 0.05) is 6.54 Å². The fraction of sp³-hybridized carbons (Fsp3) is 0.952. The molecule has 0 spiro atoms. The highest BCUT2D eigenvalue weighted by molar-refractivity contribution is 5.81. The molecule has 0 aromatic rings. The van der Waals surface area contributed by atoms with Crippen molar-refractivity contribution in [3.63, 3.8) is 0 Å². The van der Waals surface area contributed by atoms with E-state index >= 15 is 0 Å². The second kappa shape index (κ2) is 18.3. The summed E-state index contributed by atoms with van der Waals surface area (Å²) in [6.45, 7) is 1.85. The number of nitrogens with one attached hydrogen (secondary N) is 1. The number of aliphatic hydroxyl groups is 5. The van der Waals surface area contributed by atoms with Crippen LogP contribution in [0.3, 0.4) is 0 Å². The van der Waals surface area contributed by atoms with E-state index in [4.69, 9.17) is 5.11 Å². The van der Waals surface area contributed by atoms with E-state index in [0.29, 0.717) is 6.54 Å². The summed E-state index contributed by atoms with van der Waals surface area (Å²) in [5.41, 5.74) is 0. The predicted molar refractivity (Wildman–Crippen MR) is 110 cm³/mol. The second-order valence-electron chi connectivity index (χ2n) is 7.71. The lowest BCUT2D eigenvalue weighted by Crippen LogP contribution is -2.51. The molecule has 0 bridgehead atoms. The van der Waals surface area contributed by atoms with Gasteiger partial charge in [-0.1, -0.05) is 84.0 Å². The molecular formula is C21H43NO6. The first-order valence-corrected chi connectivity index (χ1v) is 11.1. The molecule has 0 aromatic heterocycles. The minimum Gasteiger partial charge on any atom is -0.394 e. The summed E-state index contributed by atoms with van der Waals surface area (Å²) < 4.78 is 0. The molecule has 0 saturated carbocycles. The first-order valence-electron chi connectivity index (χ1n) is 11.1. The van der Waals surface area contributed by atoms with Crippen LogP contribution in [0.5, 0.6) is 0 Å². The van der Waals surface area contributed by atoms with Crippen molar-refractivity contribution in [3.8, 4) is 0 Å². The summed E-state index contributed by atoms with van der Waals surface area (Å²) in [6.07, 6.45) is 8.91. The van der Waals surface area contributed by atoms with Crippen LogP contribution in [0.2, 0.25) is 0 Å². The van der Waals surface area contributed by atoms with Crippen LogP contribution >= 0.6 is 0 Å². The monoisotopic (exact) mass is 405 g/mol. The van der Waals surface area contributed by atoms with Gasteiger partial charge in [0.15, 0.2) is 6.10 Å². The van der Waals surface area contributed by atoms with E-state index in [2.05, 4.69) is 12.2 Å². The average Bonchev–Trinajstić information content (AvgIpc) is 2.71. The first-order chi connectivity index (χ1) is 13.5. The zero-order chi connectivity index (χ0) is 21.2. The lowest BCUT2D eigenvalue weighted by Gasteiger charge is -2.24. The smallest absolute Gasteiger partial charge is 0.251 e. The molecule has 0 aromatic carbocycles. The van der Waals surface area contributed by atoms with Gasteiger partial charge in [-0.3, -0.25) is 4.79 Å². The Bertz CT molecular complexity index is 369. The van der Waals surface area contributed by atoms with Crippen molar-refractivity contribution in [2.75, 3.05) is 13.2 Å². The van der Waals surface area contributed by atoms with E-state index < -0.39 is 36.9 Å². The van der Waals surface area contributed by atoms with E-state index in [1.165, 1.54) is 64.2 Å². The Morgan fingerprint density at radius 1 is 0.714 bits per heavy atom. The molecule has 168 valence electrons. The minimum absolute atomic E-state index is 0.388. The van der Waals surface area contributed by atoms with Gasteiger partial charge in [0.2, 0.25) is 0 Å². The number of aliphatic hydroxyl groups excluding tert-OH is 5. The maximum atomic E-state index is 11.7. The van der Waals surface area contributed by atoms with Crippen LogP contribution in [-0.4, -0.2) is 69.0 Å². The Balaban J connectivity index is 3.54. The Morgan fingerprint density at radius 3 is 1.57 bits per heavy atom. The largest absolute Gasteiger partial charge is 0.394 e. The van der Waals surface area contributed by atoms with E-state index in [1.807, 2.05) is 0 Å². The standard InChI is InChI=1S/C21H43NO6/c1-2-3-4-5-6-7-8-9-10-11-12-13-14-15-22-21(28)20(27)19(26)18(25)17(24)16-23/h17-20,23-27H,2-16H2,1H3,(H,22,28)/t17-,18-,19+,20-/m1/s1. The number of unbranched alkanes of at least 4 members (excludes halogenated alkanes) is 12. The summed E-state index contributed by atoms with van der Waals surface area (Å²) in [5.74, 6) is -0.796. The average molecular weight is 406 g/mol. The van der Waals surface area contributed by atoms with Crippen LogP contribution in [0.25, 0.3) is 0 Å². The lowest BCUT2D eigenvalue weighted by molar-refractivity contribution is -0.148. The zero-order valence-corrected chi connectivity index (χ0v) is 17.6. The molecule has 0 radical (unpaired) electrons. The Labute approximate surface area is 170 Å². The van der Waals surface area contributed by atoms with Crippen LogP contribution in [-0.2, 0) is 4.79 Å². The van der Waals surface area contributed by atoms with E-state index in [9.17, 15) is 25.2 Å². The Morgan fingerprint density at radius 2 is 1.14 bits per heavy atom. The summed E-state index contributed by atoms with van der Waals surface area (Å²) >= 11 is 0. The van der Waals surface area contributed by atoms with Gasteiger partial charge in [-0.05, 0) is 6.42 Å². The summed E-state index contributed by atoms with van der Waals surface area (Å²) in [7, 11) is 0. The SMILES string of the molecule is CCCCCCCCCCCCCCCNC(=O)[C@H](O)[C@@H](O)[C@H](O)[C@H](O)CO. The molecule has 0 heterocycles. The fourth-order valence-electron chi connectivity index (χ4n) is 3.14. The second-order valence-corrected chi connectivity index (χ2v) is 7.71. The Hall–Kier alpha value is -0.730. The van der Waals surface area contributed by atoms with Gasteiger partial charge in [0.05, 0.1) is 6.61 Å². The van der Waals surface area contributed by atoms with Gasteiger partial charge >= 0.3 is 0 Å². The van der Waals surface area contributed by atoms with Gasteiger partial charge in [-0.15, -0.1) is 0 Å². The minimum atomic E-state index is -1.85. The maximum Gasteiger partial charge on any atom is 0.251 e. The number of hydrogen-bond donors (Lipinski definition) is 6. The van der Waals surface area contributed by atoms with Crippen molar-refractivity contribution in [3.05, 3.63) is 0 Å². The number of rotatable bonds is 19. The first kappa shape index (κ1) is 27.3. The quantitative estimate of drug-likeness (QED) is 0.181. The van der Waals surface area contributed by atoms with Crippen molar-refractivity contribution in [1.82, 2.24) is 5.32 Å². The van der Waals surface area contributed by atoms with Gasteiger partial charge in [-0.25, -0.2) is 0 Å². The van der Waals surface area contributed by atoms with Gasteiger partial charge < -0.3 is 30.8 Å². The third-order valence-electron chi connectivity index (χ3n) is 5.10. The van der Waals surface area contributed by atoms with Crippen LogP contribution < -0.4 is 5.32 Å². The molecule has 0 aliphatic heterocycles. The molecule has 0 aliphatic rings. The molecule has 0 aliphatic carbocycles. The summed E-state index contributed by atoms with van der Waals surface area (Å²) in [4.78, 5) is 11.7. The predicted octanol–water partition coefficient (Wildman–Crippen LogP) is 1.63. The highest BCUT2D eigenvalue weighted by Crippen LogP contribution is 2.12. The molecule has 6 N–H and O–H groups in total. The maximum absolute atomic E-state index is 11.7. The zero-order valence-electron chi connectivity index (χ0n) is 17.6. The molecule has 0 rings (SSSR count). The molecule has 0 unspecified atom stereocenters. The molecule has 0 fully saturated rings. The van der Waals surface area contributed by atoms with E-state index in [1.54, 1.807) is 0 Å². The normalized spacial score (nSPS) is 15.8. The highest BCUT2D eigenvalue weighted by Gasteiger charge is 2.33. The van der Waals surface area contributed by atoms with Crippen molar-refractivity contribution in [2.45, 2.75) is 115 Å². The molecule has 7 heteroatoms. The van der Waals surface area contributed by atoms with E-state index in [-0.39, 0.29) is 0 Å². The van der Waals surface area contributed by atoms with Gasteiger partial charge in [-0.2, -0.15) is 0 Å². The number of amides is 1. The molecule has 1 amide bonds. The van der Waals surface area contributed by atoms with Crippen molar-refractivity contribution < 1.29 is 30.3 Å². The van der Waals surface area contributed by atoms with Gasteiger partial charge in [0.25, 0.3) is 5.91 Å². The number of hydrogen-bond acceptors (Lipinski definition) is 6. The third kappa shape index (κ3) is 13.4. The third-order valence-corrected chi connectivity index (χ3v) is 5.10. The van der Waals surface area contributed by atoms with Gasteiger partial charge in [0.1, 0.15) is 18.3 Å². The van der Waals surface area contributed by atoms with Crippen LogP contribution in [0.1, 0.15) is 90.4 Å². The topological polar surface area (TPSA) is 130 Å². The molecular weight excluding hydrogens is 362 g/mol. The molecule has 7 nitrogen and oxygen atoms in total. The Kier molecular flexibility index (Phi) is 17.8. The summed E-state index contributed by atoms with van der Waals surface area (Å²) in [6, 6.07) is 0. The van der Waals surface area contributed by atoms with Crippen molar-refractivity contribution in [1.29, 1.82) is 0 Å². The highest BCUT2D eigenvalue weighted by atomic mass is 16.4. The lowest BCUT2D eigenvalue weighted by atomic mass is 10.0. The number of carbonyl (C=O) groups excluding carboxylic acids is 1. The fourth-order valence-corrected chi connectivity index (χ4v) is 3.14. The van der Waals surface area contributed by atoms with Crippen LogP contribution in [0, 0.1) is 0 Å². The van der Waals surface area contributed by atoms with Crippen LogP contribution in [0.4, 0.5) is 0 Å². The summed E-state index contributed by atoms with van der Waals surface area (Å²) in [5, 5.41) is 49.3. The number of carbonyl (C=O) groups is 1. The van der Waals surface area contributed by atoms with Crippen LogP contribution in [0.15, 0.2) is 0 Å². The molecule has 28 heavy (non-hydrogen) atoms. The molecule has 4 atom stereocenters. The van der Waals surface area contributed by atoms with E-state index in [0.717, 1.165) is 19.3 Å². The molecule has 0 saturated heterocycles. The van der Waals surface area contributed by atoms with Crippen molar-refractivity contribution >= 4 is 5.91 Å². The van der Waals surface area contributed by atoms with Crippen molar-refractivity contribution in [2.24, 2.45) is 0 Å².